The Kier molecular flexibility index (Phi) is 4.69. The van der Waals surface area contributed by atoms with Gasteiger partial charge >= 0.3 is 0 Å². The molecular formula is C24H24BrN3O2. The Hall–Kier alpha value is -2.60. The number of carbonyl (C=O) groups excluding carboxylic acids is 2. The molecule has 1 aromatic heterocycles. The van der Waals surface area contributed by atoms with E-state index in [1.807, 2.05) is 41.3 Å². The molecule has 0 spiro atoms. The van der Waals surface area contributed by atoms with Crippen molar-refractivity contribution in [3.05, 3.63) is 69.8 Å². The molecule has 154 valence electrons. The Morgan fingerprint density at radius 1 is 1.10 bits per heavy atom. The third kappa shape index (κ3) is 3.05. The summed E-state index contributed by atoms with van der Waals surface area (Å²) in [6.07, 6.45) is 0.547. The minimum Gasteiger partial charge on any atom is -0.356 e. The van der Waals surface area contributed by atoms with Crippen LogP contribution in [0.4, 0.5) is 0 Å². The van der Waals surface area contributed by atoms with Gasteiger partial charge in [0.2, 0.25) is 11.8 Å². The Labute approximate surface area is 184 Å². The number of nitrogens with zero attached hydrogens (tertiary/aromatic N) is 2. The maximum absolute atomic E-state index is 13.5. The molecule has 0 radical (unpaired) electrons. The number of amides is 2. The van der Waals surface area contributed by atoms with E-state index in [-0.39, 0.29) is 24.4 Å². The van der Waals surface area contributed by atoms with Crippen molar-refractivity contribution in [2.75, 3.05) is 13.1 Å². The number of carbonyl (C=O) groups is 2. The van der Waals surface area contributed by atoms with E-state index in [1.165, 1.54) is 0 Å². The predicted octanol–water partition coefficient (Wildman–Crippen LogP) is 4.27. The lowest BCUT2D eigenvalue weighted by Crippen LogP contribution is -2.63. The van der Waals surface area contributed by atoms with Gasteiger partial charge in [-0.1, -0.05) is 60.1 Å². The van der Waals surface area contributed by atoms with Gasteiger partial charge in [0.15, 0.2) is 0 Å². The van der Waals surface area contributed by atoms with E-state index < -0.39 is 6.04 Å². The molecule has 0 unspecified atom stereocenters. The number of aromatic amines is 1. The number of rotatable bonds is 3. The summed E-state index contributed by atoms with van der Waals surface area (Å²) in [7, 11) is 0. The van der Waals surface area contributed by atoms with Crippen LogP contribution in [0.25, 0.3) is 10.9 Å². The zero-order valence-electron chi connectivity index (χ0n) is 17.1. The number of benzene rings is 2. The fourth-order valence-corrected chi connectivity index (χ4v) is 5.17. The molecule has 5 rings (SSSR count). The number of halogens is 1. The molecular weight excluding hydrogens is 442 g/mol. The van der Waals surface area contributed by atoms with Crippen molar-refractivity contribution in [3.63, 3.8) is 0 Å². The van der Waals surface area contributed by atoms with Crippen molar-refractivity contribution in [2.24, 2.45) is 5.92 Å². The van der Waals surface area contributed by atoms with Crippen LogP contribution in [0.3, 0.4) is 0 Å². The summed E-state index contributed by atoms with van der Waals surface area (Å²) in [5, 5.41) is 1.13. The molecule has 0 saturated carbocycles. The van der Waals surface area contributed by atoms with Gasteiger partial charge < -0.3 is 14.8 Å². The second-order valence-electron chi connectivity index (χ2n) is 8.65. The van der Waals surface area contributed by atoms with E-state index in [2.05, 4.69) is 46.9 Å². The second kappa shape index (κ2) is 7.27. The van der Waals surface area contributed by atoms with E-state index in [9.17, 15) is 9.59 Å². The zero-order valence-corrected chi connectivity index (χ0v) is 18.6. The Morgan fingerprint density at radius 2 is 1.83 bits per heavy atom. The van der Waals surface area contributed by atoms with Crippen LogP contribution >= 0.6 is 15.9 Å². The summed E-state index contributed by atoms with van der Waals surface area (Å²) in [6, 6.07) is 15.5. The van der Waals surface area contributed by atoms with Gasteiger partial charge in [-0.2, -0.15) is 0 Å². The van der Waals surface area contributed by atoms with Crippen LogP contribution in [0.5, 0.6) is 0 Å². The summed E-state index contributed by atoms with van der Waals surface area (Å²) in [5.41, 5.74) is 4.22. The number of fused-ring (bicyclic) bond motifs is 4. The Bertz CT molecular complexity index is 1140. The maximum Gasteiger partial charge on any atom is 0.246 e. The van der Waals surface area contributed by atoms with Gasteiger partial charge in [-0.3, -0.25) is 9.59 Å². The van der Waals surface area contributed by atoms with Crippen LogP contribution in [0, 0.1) is 5.92 Å². The quantitative estimate of drug-likeness (QED) is 0.627. The fraction of sp³-hybridized carbons (Fsp3) is 0.333. The lowest BCUT2D eigenvalue weighted by Gasteiger charge is -2.47. The molecule has 2 atom stereocenters. The van der Waals surface area contributed by atoms with Gasteiger partial charge in [-0.15, -0.1) is 0 Å². The van der Waals surface area contributed by atoms with E-state index in [1.54, 1.807) is 4.90 Å². The number of aromatic nitrogens is 1. The molecule has 1 fully saturated rings. The lowest BCUT2D eigenvalue weighted by molar-refractivity contribution is -0.159. The number of nitrogens with one attached hydrogen (secondary N) is 1. The number of para-hydroxylation sites is 1. The average molecular weight is 466 g/mol. The van der Waals surface area contributed by atoms with Crippen molar-refractivity contribution in [3.8, 4) is 0 Å². The highest BCUT2D eigenvalue weighted by molar-refractivity contribution is 9.10. The largest absolute Gasteiger partial charge is 0.356 e. The molecule has 0 bridgehead atoms. The monoisotopic (exact) mass is 465 g/mol. The number of piperazine rings is 1. The van der Waals surface area contributed by atoms with Crippen LogP contribution < -0.4 is 0 Å². The second-order valence-corrected chi connectivity index (χ2v) is 9.57. The lowest BCUT2D eigenvalue weighted by atomic mass is 9.86. The normalized spacial score (nSPS) is 21.3. The third-order valence-corrected chi connectivity index (χ3v) is 6.64. The highest BCUT2D eigenvalue weighted by Gasteiger charge is 2.48. The van der Waals surface area contributed by atoms with E-state index >= 15 is 0 Å². The summed E-state index contributed by atoms with van der Waals surface area (Å²) in [4.78, 5) is 33.9. The summed E-state index contributed by atoms with van der Waals surface area (Å²) in [5.74, 6) is 0.390. The van der Waals surface area contributed by atoms with E-state index in [4.69, 9.17) is 0 Å². The number of hydrogen-bond donors (Lipinski definition) is 1. The topological polar surface area (TPSA) is 56.4 Å². The molecule has 2 aliphatic heterocycles. The minimum atomic E-state index is -0.467. The van der Waals surface area contributed by atoms with Gasteiger partial charge in [-0.25, -0.2) is 0 Å². The van der Waals surface area contributed by atoms with Gasteiger partial charge in [-0.05, 0) is 35.2 Å². The van der Waals surface area contributed by atoms with Crippen molar-refractivity contribution in [1.29, 1.82) is 0 Å². The molecule has 2 aliphatic rings. The van der Waals surface area contributed by atoms with Crippen molar-refractivity contribution in [2.45, 2.75) is 32.4 Å². The molecule has 1 saturated heterocycles. The number of H-pyrrole nitrogens is 1. The van der Waals surface area contributed by atoms with Crippen LogP contribution in [-0.2, 0) is 16.0 Å². The maximum atomic E-state index is 13.5. The van der Waals surface area contributed by atoms with E-state index in [0.29, 0.717) is 18.9 Å². The Balaban J connectivity index is 1.68. The molecule has 3 aromatic rings. The average Bonchev–Trinajstić information content (AvgIpc) is 3.09. The highest BCUT2D eigenvalue weighted by atomic mass is 79.9. The summed E-state index contributed by atoms with van der Waals surface area (Å²) in [6.45, 7) is 4.91. The molecule has 0 aliphatic carbocycles. The van der Waals surface area contributed by atoms with Gasteiger partial charge in [0, 0.05) is 34.0 Å². The van der Waals surface area contributed by atoms with E-state index in [0.717, 1.165) is 32.2 Å². The first kappa shape index (κ1) is 19.4. The van der Waals surface area contributed by atoms with Gasteiger partial charge in [0.05, 0.1) is 12.6 Å². The van der Waals surface area contributed by atoms with Crippen molar-refractivity contribution in [1.82, 2.24) is 14.8 Å². The Morgan fingerprint density at radius 3 is 2.57 bits per heavy atom. The summed E-state index contributed by atoms with van der Waals surface area (Å²) >= 11 is 3.50. The molecule has 2 amide bonds. The zero-order chi connectivity index (χ0) is 21.0. The summed E-state index contributed by atoms with van der Waals surface area (Å²) < 4.78 is 0.986. The molecule has 30 heavy (non-hydrogen) atoms. The van der Waals surface area contributed by atoms with Gasteiger partial charge in [0.25, 0.3) is 0 Å². The smallest absolute Gasteiger partial charge is 0.246 e. The van der Waals surface area contributed by atoms with Gasteiger partial charge in [0.1, 0.15) is 6.04 Å². The number of hydrogen-bond acceptors (Lipinski definition) is 2. The standard InChI is InChI=1S/C24H24BrN3O2/c1-14(2)12-27-13-21(29)28-20(24(27)30)11-18-17-5-3-4-6-19(17)26-22(18)23(28)15-7-9-16(25)10-8-15/h3-10,14,20,23,26H,11-13H2,1-2H3/t20-,23+/m0/s1. The van der Waals surface area contributed by atoms with Crippen LogP contribution in [0.15, 0.2) is 53.0 Å². The van der Waals surface area contributed by atoms with Crippen LogP contribution in [-0.4, -0.2) is 45.7 Å². The minimum absolute atomic E-state index is 0.0116. The molecule has 6 heteroatoms. The molecule has 2 aromatic carbocycles. The molecule has 5 nitrogen and oxygen atoms in total. The van der Waals surface area contributed by atoms with Crippen molar-refractivity contribution < 1.29 is 9.59 Å². The molecule has 3 heterocycles. The first-order valence-corrected chi connectivity index (χ1v) is 11.2. The predicted molar refractivity (Wildman–Crippen MR) is 120 cm³/mol. The first-order chi connectivity index (χ1) is 14.4. The highest BCUT2D eigenvalue weighted by Crippen LogP contribution is 2.42. The fourth-order valence-electron chi connectivity index (χ4n) is 4.91. The van der Waals surface area contributed by atoms with Crippen LogP contribution in [0.2, 0.25) is 0 Å². The molecule has 1 N–H and O–H groups in total. The van der Waals surface area contributed by atoms with Crippen LogP contribution in [0.1, 0.15) is 36.7 Å². The SMILES string of the molecule is CC(C)CN1CC(=O)N2[C@H](c3ccc(Br)cc3)c3[nH]c4ccccc4c3C[C@H]2C1=O. The van der Waals surface area contributed by atoms with Crippen molar-refractivity contribution >= 4 is 38.6 Å². The first-order valence-electron chi connectivity index (χ1n) is 10.4. The third-order valence-electron chi connectivity index (χ3n) is 6.11.